The summed E-state index contributed by atoms with van der Waals surface area (Å²) in [5, 5.41) is 2.67. The molecule has 124 valence electrons. The van der Waals surface area contributed by atoms with E-state index in [4.69, 9.17) is 4.74 Å². The first-order chi connectivity index (χ1) is 11.5. The normalized spacial score (nSPS) is 9.92. The number of rotatable bonds is 5. The molecule has 2 aromatic carbocycles. The number of hydrogen-bond acceptors (Lipinski definition) is 5. The van der Waals surface area contributed by atoms with Gasteiger partial charge in [-0.15, -0.1) is 0 Å². The molecule has 0 unspecified atom stereocenters. The van der Waals surface area contributed by atoms with E-state index >= 15 is 0 Å². The van der Waals surface area contributed by atoms with Crippen LogP contribution in [-0.2, 0) is 20.7 Å². The van der Waals surface area contributed by atoms with Gasteiger partial charge in [0.05, 0.1) is 37.5 Å². The third kappa shape index (κ3) is 4.19. The highest BCUT2D eigenvalue weighted by Gasteiger charge is 2.17. The molecule has 24 heavy (non-hydrogen) atoms. The first kappa shape index (κ1) is 17.2. The van der Waals surface area contributed by atoms with Crippen molar-refractivity contribution in [2.24, 2.45) is 0 Å². The van der Waals surface area contributed by atoms with E-state index < -0.39 is 11.9 Å². The highest BCUT2D eigenvalue weighted by molar-refractivity contribution is 6.03. The minimum absolute atomic E-state index is 0.0850. The van der Waals surface area contributed by atoms with Gasteiger partial charge in [0, 0.05) is 0 Å². The molecule has 0 aliphatic carbocycles. The molecule has 2 aromatic rings. The van der Waals surface area contributed by atoms with Crippen molar-refractivity contribution in [3.05, 3.63) is 65.2 Å². The Bertz CT molecular complexity index is 755. The van der Waals surface area contributed by atoms with Gasteiger partial charge in [-0.05, 0) is 23.8 Å². The fourth-order valence-electron chi connectivity index (χ4n) is 2.15. The van der Waals surface area contributed by atoms with E-state index in [1.165, 1.54) is 32.4 Å². The molecule has 2 rings (SSSR count). The van der Waals surface area contributed by atoms with Gasteiger partial charge in [0.15, 0.2) is 0 Å². The van der Waals surface area contributed by atoms with Crippen LogP contribution in [0.2, 0.25) is 0 Å². The zero-order chi connectivity index (χ0) is 17.5. The average Bonchev–Trinajstić information content (AvgIpc) is 2.61. The summed E-state index contributed by atoms with van der Waals surface area (Å²) in [6.07, 6.45) is 0.167. The van der Waals surface area contributed by atoms with Crippen LogP contribution in [0.15, 0.2) is 48.5 Å². The molecular weight excluding hydrogens is 310 g/mol. The zero-order valence-electron chi connectivity index (χ0n) is 13.4. The topological polar surface area (TPSA) is 81.7 Å². The Balaban J connectivity index is 2.23. The third-order valence-corrected chi connectivity index (χ3v) is 3.33. The van der Waals surface area contributed by atoms with Crippen LogP contribution in [0.4, 0.5) is 5.69 Å². The Kier molecular flexibility index (Phi) is 5.68. The summed E-state index contributed by atoms with van der Waals surface area (Å²) in [7, 11) is 2.47. The van der Waals surface area contributed by atoms with E-state index in [0.29, 0.717) is 0 Å². The number of hydrogen-bond donors (Lipinski definition) is 1. The molecule has 0 heterocycles. The van der Waals surface area contributed by atoms with Crippen LogP contribution >= 0.6 is 0 Å². The van der Waals surface area contributed by atoms with Gasteiger partial charge in [-0.25, -0.2) is 9.59 Å². The van der Waals surface area contributed by atoms with Crippen LogP contribution in [0, 0.1) is 0 Å². The summed E-state index contributed by atoms with van der Waals surface area (Å²) in [6.45, 7) is 0. The predicted molar refractivity (Wildman–Crippen MR) is 87.9 cm³/mol. The Hall–Kier alpha value is -3.15. The lowest BCUT2D eigenvalue weighted by molar-refractivity contribution is -0.115. The van der Waals surface area contributed by atoms with Crippen LogP contribution in [-0.4, -0.2) is 32.1 Å². The first-order valence-corrected chi connectivity index (χ1v) is 7.19. The number of amides is 1. The summed E-state index contributed by atoms with van der Waals surface area (Å²) >= 11 is 0. The van der Waals surface area contributed by atoms with E-state index in [0.717, 1.165) is 5.56 Å². The molecular formula is C18H17NO5. The van der Waals surface area contributed by atoms with Crippen molar-refractivity contribution in [2.45, 2.75) is 6.42 Å². The van der Waals surface area contributed by atoms with Crippen molar-refractivity contribution in [2.75, 3.05) is 19.5 Å². The molecule has 0 aliphatic heterocycles. The second-order valence-corrected chi connectivity index (χ2v) is 4.95. The molecule has 0 aromatic heterocycles. The molecule has 6 heteroatoms. The minimum atomic E-state index is -0.657. The molecule has 0 bridgehead atoms. The predicted octanol–water partition coefficient (Wildman–Crippen LogP) is 2.44. The van der Waals surface area contributed by atoms with Crippen molar-refractivity contribution in [3.63, 3.8) is 0 Å². The maximum atomic E-state index is 12.2. The van der Waals surface area contributed by atoms with Crippen LogP contribution in [0.3, 0.4) is 0 Å². The highest BCUT2D eigenvalue weighted by atomic mass is 16.5. The number of benzene rings is 2. The summed E-state index contributed by atoms with van der Waals surface area (Å²) in [5.74, 6) is -1.52. The van der Waals surface area contributed by atoms with Crippen LogP contribution in [0.25, 0.3) is 0 Å². The van der Waals surface area contributed by atoms with Crippen molar-refractivity contribution in [1.82, 2.24) is 0 Å². The average molecular weight is 327 g/mol. The van der Waals surface area contributed by atoms with Crippen molar-refractivity contribution in [3.8, 4) is 0 Å². The van der Waals surface area contributed by atoms with Gasteiger partial charge in [-0.2, -0.15) is 0 Å². The lowest BCUT2D eigenvalue weighted by atomic mass is 10.1. The summed E-state index contributed by atoms with van der Waals surface area (Å²) in [4.78, 5) is 35.7. The van der Waals surface area contributed by atoms with Crippen LogP contribution in [0.5, 0.6) is 0 Å². The maximum absolute atomic E-state index is 12.2. The van der Waals surface area contributed by atoms with Gasteiger partial charge in [0.1, 0.15) is 0 Å². The second-order valence-electron chi connectivity index (χ2n) is 4.95. The number of carbonyl (C=O) groups is 3. The Morgan fingerprint density at radius 2 is 1.58 bits per heavy atom. The second kappa shape index (κ2) is 7.92. The Morgan fingerprint density at radius 1 is 0.917 bits per heavy atom. The van der Waals surface area contributed by atoms with E-state index in [1.807, 2.05) is 30.3 Å². The molecule has 6 nitrogen and oxygen atoms in total. The SMILES string of the molecule is COC(=O)c1ccc(NC(=O)Cc2ccccc2)c(C(=O)OC)c1. The van der Waals surface area contributed by atoms with Gasteiger partial charge in [0.25, 0.3) is 0 Å². The quantitative estimate of drug-likeness (QED) is 0.853. The first-order valence-electron chi connectivity index (χ1n) is 7.19. The lowest BCUT2D eigenvalue weighted by Crippen LogP contribution is -2.18. The van der Waals surface area contributed by atoms with Gasteiger partial charge in [-0.3, -0.25) is 4.79 Å². The van der Waals surface area contributed by atoms with E-state index in [-0.39, 0.29) is 29.1 Å². The fourth-order valence-corrected chi connectivity index (χ4v) is 2.15. The number of methoxy groups -OCH3 is 2. The minimum Gasteiger partial charge on any atom is -0.465 e. The lowest BCUT2D eigenvalue weighted by Gasteiger charge is -2.11. The van der Waals surface area contributed by atoms with Crippen molar-refractivity contribution < 1.29 is 23.9 Å². The standard InChI is InChI=1S/C18H17NO5/c1-23-17(21)13-8-9-15(14(11-13)18(22)24-2)19-16(20)10-12-6-4-3-5-7-12/h3-9,11H,10H2,1-2H3,(H,19,20). The van der Waals surface area contributed by atoms with E-state index in [9.17, 15) is 14.4 Å². The molecule has 0 saturated carbocycles. The van der Waals surface area contributed by atoms with Gasteiger partial charge in [-0.1, -0.05) is 30.3 Å². The van der Waals surface area contributed by atoms with Gasteiger partial charge >= 0.3 is 11.9 Å². The molecule has 0 radical (unpaired) electrons. The number of ether oxygens (including phenoxy) is 2. The number of nitrogens with one attached hydrogen (secondary N) is 1. The molecule has 0 spiro atoms. The largest absolute Gasteiger partial charge is 0.465 e. The maximum Gasteiger partial charge on any atom is 0.340 e. The number of carbonyl (C=O) groups excluding carboxylic acids is 3. The Morgan fingerprint density at radius 3 is 2.21 bits per heavy atom. The molecule has 0 aliphatic rings. The number of anilines is 1. The van der Waals surface area contributed by atoms with E-state index in [2.05, 4.69) is 10.1 Å². The van der Waals surface area contributed by atoms with Crippen LogP contribution in [0.1, 0.15) is 26.3 Å². The van der Waals surface area contributed by atoms with E-state index in [1.54, 1.807) is 0 Å². The number of esters is 2. The summed E-state index contributed by atoms with van der Waals surface area (Å²) in [6, 6.07) is 13.5. The zero-order valence-corrected chi connectivity index (χ0v) is 13.4. The highest BCUT2D eigenvalue weighted by Crippen LogP contribution is 2.20. The smallest absolute Gasteiger partial charge is 0.340 e. The van der Waals surface area contributed by atoms with Gasteiger partial charge in [0.2, 0.25) is 5.91 Å². The van der Waals surface area contributed by atoms with Crippen LogP contribution < -0.4 is 5.32 Å². The summed E-state index contributed by atoms with van der Waals surface area (Å²) in [5.41, 5.74) is 1.40. The van der Waals surface area contributed by atoms with Crippen molar-refractivity contribution >= 4 is 23.5 Å². The molecule has 0 saturated heterocycles. The fraction of sp³-hybridized carbons (Fsp3) is 0.167. The Labute approximate surface area is 139 Å². The summed E-state index contributed by atoms with van der Waals surface area (Å²) < 4.78 is 9.33. The van der Waals surface area contributed by atoms with Crippen molar-refractivity contribution in [1.29, 1.82) is 0 Å². The molecule has 0 fully saturated rings. The monoisotopic (exact) mass is 327 g/mol. The third-order valence-electron chi connectivity index (χ3n) is 3.33. The van der Waals surface area contributed by atoms with Gasteiger partial charge < -0.3 is 14.8 Å². The molecule has 0 atom stereocenters. The molecule has 1 amide bonds. The molecule has 1 N–H and O–H groups in total.